The van der Waals surface area contributed by atoms with Crippen LogP contribution in [-0.4, -0.2) is 64.9 Å². The van der Waals surface area contributed by atoms with Gasteiger partial charge in [0.15, 0.2) is 0 Å². The van der Waals surface area contributed by atoms with Crippen molar-refractivity contribution in [1.29, 1.82) is 0 Å². The van der Waals surface area contributed by atoms with Gasteiger partial charge >= 0.3 is 24.1 Å². The van der Waals surface area contributed by atoms with Crippen molar-refractivity contribution in [1.82, 2.24) is 16.0 Å². The average molecular weight is 539 g/mol. The van der Waals surface area contributed by atoms with E-state index in [4.69, 9.17) is 15.6 Å². The molecule has 0 aromatic rings. The normalized spacial score (nSPS) is 18.5. The molecule has 10 nitrogen and oxygen atoms in total. The first-order valence-electron chi connectivity index (χ1n) is 13.0. The monoisotopic (exact) mass is 538 g/mol. The van der Waals surface area contributed by atoms with Gasteiger partial charge in [-0.1, -0.05) is 51.4 Å². The number of halogens is 3. The molecule has 2 aliphatic rings. The van der Waals surface area contributed by atoms with E-state index in [2.05, 4.69) is 16.0 Å². The second kappa shape index (κ2) is 17.0. The number of urea groups is 1. The summed E-state index contributed by atoms with van der Waals surface area (Å²) in [6, 6.07) is -2.02. The van der Waals surface area contributed by atoms with Crippen molar-refractivity contribution in [2.45, 2.75) is 114 Å². The molecule has 0 saturated heterocycles. The molecule has 0 spiro atoms. The Bertz CT molecular complexity index is 726. The van der Waals surface area contributed by atoms with Gasteiger partial charge in [0.1, 0.15) is 12.1 Å². The van der Waals surface area contributed by atoms with Gasteiger partial charge in [0.25, 0.3) is 0 Å². The third-order valence-electron chi connectivity index (χ3n) is 6.66. The van der Waals surface area contributed by atoms with E-state index < -0.39 is 36.2 Å². The van der Waals surface area contributed by atoms with E-state index in [0.29, 0.717) is 38.1 Å². The zero-order valence-electron chi connectivity index (χ0n) is 21.2. The van der Waals surface area contributed by atoms with Gasteiger partial charge < -0.3 is 31.9 Å². The maximum Gasteiger partial charge on any atom is 0.490 e. The van der Waals surface area contributed by atoms with Gasteiger partial charge in [-0.3, -0.25) is 4.79 Å². The maximum atomic E-state index is 13.0. The molecule has 2 rings (SSSR count). The van der Waals surface area contributed by atoms with Crippen LogP contribution in [0.4, 0.5) is 18.0 Å². The molecule has 13 heteroatoms. The Balaban J connectivity index is 0.000000856. The minimum atomic E-state index is -5.08. The predicted octanol–water partition coefficient (Wildman–Crippen LogP) is 3.29. The van der Waals surface area contributed by atoms with Gasteiger partial charge in [0.05, 0.1) is 0 Å². The highest BCUT2D eigenvalue weighted by molar-refractivity contribution is 5.89. The van der Waals surface area contributed by atoms with E-state index in [-0.39, 0.29) is 11.9 Å². The molecule has 0 aromatic carbocycles. The highest BCUT2D eigenvalue weighted by Gasteiger charge is 2.38. The zero-order valence-corrected chi connectivity index (χ0v) is 21.2. The number of carbonyl (C=O) groups is 4. The number of hydrogen-bond donors (Lipinski definition) is 6. The Kier molecular flexibility index (Phi) is 14.9. The van der Waals surface area contributed by atoms with Gasteiger partial charge in [0, 0.05) is 6.04 Å². The fourth-order valence-corrected chi connectivity index (χ4v) is 4.64. The summed E-state index contributed by atoms with van der Waals surface area (Å²) in [7, 11) is 0. The summed E-state index contributed by atoms with van der Waals surface area (Å²) in [6.45, 7) is 0.489. The molecule has 2 fully saturated rings. The van der Waals surface area contributed by atoms with Crippen LogP contribution in [0.3, 0.4) is 0 Å². The van der Waals surface area contributed by atoms with Crippen LogP contribution >= 0.6 is 0 Å². The number of nitrogens with two attached hydrogens (primary N) is 1. The first-order valence-corrected chi connectivity index (χ1v) is 13.0. The molecule has 0 heterocycles. The van der Waals surface area contributed by atoms with Crippen molar-refractivity contribution in [3.05, 3.63) is 0 Å². The SMILES string of the molecule is NCCCC[C@H](NC(=O)N[C@H](CC1CCCCC1)C(=O)NC1CCCCC1)C(=O)O.O=C(O)C(F)(F)F. The number of carboxylic acid groups (broad SMARTS) is 2. The second-order valence-corrected chi connectivity index (χ2v) is 9.73. The van der Waals surface area contributed by atoms with Crippen LogP contribution in [-0.2, 0) is 14.4 Å². The molecule has 0 radical (unpaired) electrons. The highest BCUT2D eigenvalue weighted by atomic mass is 19.4. The summed E-state index contributed by atoms with van der Waals surface area (Å²) in [6.07, 6.45) is 8.30. The zero-order chi connectivity index (χ0) is 27.8. The molecular weight excluding hydrogens is 497 g/mol. The van der Waals surface area contributed by atoms with Gasteiger partial charge in [-0.05, 0) is 51.0 Å². The summed E-state index contributed by atoms with van der Waals surface area (Å²) in [5, 5.41) is 24.9. The lowest BCUT2D eigenvalue weighted by Crippen LogP contribution is -2.55. The first kappa shape index (κ1) is 32.5. The van der Waals surface area contributed by atoms with Crippen molar-refractivity contribution in [3.63, 3.8) is 0 Å². The number of nitrogens with one attached hydrogen (secondary N) is 3. The molecule has 2 atom stereocenters. The van der Waals surface area contributed by atoms with Crippen molar-refractivity contribution < 1.29 is 42.6 Å². The lowest BCUT2D eigenvalue weighted by molar-refractivity contribution is -0.192. The number of aliphatic carboxylic acids is 2. The molecule has 2 aliphatic carbocycles. The van der Waals surface area contributed by atoms with Crippen molar-refractivity contribution in [3.8, 4) is 0 Å². The van der Waals surface area contributed by atoms with E-state index in [1.165, 1.54) is 12.8 Å². The minimum absolute atomic E-state index is 0.141. The summed E-state index contributed by atoms with van der Waals surface area (Å²) >= 11 is 0. The van der Waals surface area contributed by atoms with Crippen LogP contribution in [0.5, 0.6) is 0 Å². The summed E-state index contributed by atoms with van der Waals surface area (Å²) < 4.78 is 31.7. The fourth-order valence-electron chi connectivity index (χ4n) is 4.64. The van der Waals surface area contributed by atoms with Gasteiger partial charge in [-0.2, -0.15) is 13.2 Å². The molecule has 37 heavy (non-hydrogen) atoms. The lowest BCUT2D eigenvalue weighted by atomic mass is 9.84. The molecule has 3 amide bonds. The quantitative estimate of drug-likeness (QED) is 0.219. The van der Waals surface area contributed by atoms with Gasteiger partial charge in [0.2, 0.25) is 5.91 Å². The smallest absolute Gasteiger partial charge is 0.480 e. The Morgan fingerprint density at radius 3 is 1.84 bits per heavy atom. The number of hydrogen-bond acceptors (Lipinski definition) is 5. The molecule has 214 valence electrons. The van der Waals surface area contributed by atoms with Crippen LogP contribution in [0.2, 0.25) is 0 Å². The molecule has 7 N–H and O–H groups in total. The third kappa shape index (κ3) is 14.1. The van der Waals surface area contributed by atoms with Crippen LogP contribution in [0.25, 0.3) is 0 Å². The molecule has 0 unspecified atom stereocenters. The number of carboxylic acids is 2. The van der Waals surface area contributed by atoms with Crippen LogP contribution < -0.4 is 21.7 Å². The predicted molar refractivity (Wildman–Crippen MR) is 130 cm³/mol. The number of alkyl halides is 3. The Hall–Kier alpha value is -2.57. The largest absolute Gasteiger partial charge is 0.490 e. The molecule has 2 saturated carbocycles. The van der Waals surface area contributed by atoms with Crippen LogP contribution in [0.1, 0.15) is 89.9 Å². The Labute approximate surface area is 215 Å². The van der Waals surface area contributed by atoms with E-state index in [0.717, 1.165) is 51.4 Å². The topological polar surface area (TPSA) is 171 Å². The van der Waals surface area contributed by atoms with Crippen LogP contribution in [0, 0.1) is 5.92 Å². The fraction of sp³-hybridized carbons (Fsp3) is 0.833. The van der Waals surface area contributed by atoms with E-state index in [1.807, 2.05) is 0 Å². The summed E-state index contributed by atoms with van der Waals surface area (Å²) in [5.74, 6) is -3.55. The summed E-state index contributed by atoms with van der Waals surface area (Å²) in [4.78, 5) is 45.9. The first-order chi connectivity index (χ1) is 17.4. The van der Waals surface area contributed by atoms with Crippen molar-refractivity contribution in [2.24, 2.45) is 11.7 Å². The molecular formula is C24H41F3N4O6. The lowest BCUT2D eigenvalue weighted by Gasteiger charge is -2.29. The van der Waals surface area contributed by atoms with Gasteiger partial charge in [-0.15, -0.1) is 0 Å². The minimum Gasteiger partial charge on any atom is -0.480 e. The molecule has 0 aliphatic heterocycles. The average Bonchev–Trinajstić information content (AvgIpc) is 2.84. The van der Waals surface area contributed by atoms with Crippen LogP contribution in [0.15, 0.2) is 0 Å². The van der Waals surface area contributed by atoms with Crippen molar-refractivity contribution in [2.75, 3.05) is 6.54 Å². The molecule has 0 aromatic heterocycles. The maximum absolute atomic E-state index is 13.0. The van der Waals surface area contributed by atoms with Gasteiger partial charge in [-0.25, -0.2) is 14.4 Å². The standard InChI is InChI=1S/C22H40N4O4.C2HF3O2/c23-14-8-7-13-18(21(28)29)25-22(30)26-19(15-16-9-3-1-4-10-16)20(27)24-17-11-5-2-6-12-17;3-2(4,5)1(6)7/h16-19H,1-15,23H2,(H,24,27)(H,28,29)(H2,25,26,30);(H,6,7)/t18-,19+;/m0./s1. The van der Waals surface area contributed by atoms with Crippen molar-refractivity contribution >= 4 is 23.9 Å². The number of amides is 3. The third-order valence-corrected chi connectivity index (χ3v) is 6.66. The number of unbranched alkanes of at least 4 members (excludes halogenated alkanes) is 1. The number of rotatable bonds is 11. The van der Waals surface area contributed by atoms with E-state index in [9.17, 15) is 32.7 Å². The number of carbonyl (C=O) groups excluding carboxylic acids is 2. The van der Waals surface area contributed by atoms with E-state index in [1.54, 1.807) is 0 Å². The second-order valence-electron chi connectivity index (χ2n) is 9.73. The molecule has 0 bridgehead atoms. The Morgan fingerprint density at radius 2 is 1.35 bits per heavy atom. The highest BCUT2D eigenvalue weighted by Crippen LogP contribution is 2.27. The Morgan fingerprint density at radius 1 is 0.838 bits per heavy atom. The summed E-state index contributed by atoms with van der Waals surface area (Å²) in [5.41, 5.74) is 5.47. The van der Waals surface area contributed by atoms with E-state index >= 15 is 0 Å².